The SMILES string of the molecule is CC(C)C(F)(F)COc1cccc(OCC(F)(F)C(C)C)c1. The third kappa shape index (κ3) is 5.39. The van der Waals surface area contributed by atoms with Crippen molar-refractivity contribution >= 4 is 0 Å². The van der Waals surface area contributed by atoms with E-state index >= 15 is 0 Å². The van der Waals surface area contributed by atoms with Crippen LogP contribution >= 0.6 is 0 Å². The van der Waals surface area contributed by atoms with Crippen LogP contribution in [0.4, 0.5) is 17.6 Å². The van der Waals surface area contributed by atoms with Crippen molar-refractivity contribution in [3.8, 4) is 11.5 Å². The molecular weight excluding hydrogens is 300 g/mol. The molecule has 6 heteroatoms. The summed E-state index contributed by atoms with van der Waals surface area (Å²) in [5, 5.41) is 0. The fourth-order valence-corrected chi connectivity index (χ4v) is 1.35. The Morgan fingerprint density at radius 3 is 1.50 bits per heavy atom. The molecule has 0 unspecified atom stereocenters. The fourth-order valence-electron chi connectivity index (χ4n) is 1.35. The van der Waals surface area contributed by atoms with E-state index in [1.165, 1.54) is 52.0 Å². The number of benzene rings is 1. The summed E-state index contributed by atoms with van der Waals surface area (Å²) in [5.74, 6) is -7.30. The zero-order chi connectivity index (χ0) is 17.0. The molecule has 0 fully saturated rings. The van der Waals surface area contributed by atoms with Gasteiger partial charge in [0.05, 0.1) is 0 Å². The Hall–Kier alpha value is -1.46. The van der Waals surface area contributed by atoms with E-state index in [0.29, 0.717) is 0 Å². The molecule has 0 atom stereocenters. The van der Waals surface area contributed by atoms with E-state index in [2.05, 4.69) is 0 Å². The molecule has 0 aromatic heterocycles. The van der Waals surface area contributed by atoms with Gasteiger partial charge in [0.15, 0.2) is 13.2 Å². The molecule has 0 bridgehead atoms. The largest absolute Gasteiger partial charge is 0.487 e. The summed E-state index contributed by atoms with van der Waals surface area (Å²) < 4.78 is 64.0. The van der Waals surface area contributed by atoms with Gasteiger partial charge in [-0.15, -0.1) is 0 Å². The highest BCUT2D eigenvalue weighted by Crippen LogP contribution is 2.28. The van der Waals surface area contributed by atoms with Crippen LogP contribution in [0.5, 0.6) is 11.5 Å². The molecule has 0 N–H and O–H groups in total. The smallest absolute Gasteiger partial charge is 0.283 e. The quantitative estimate of drug-likeness (QED) is 0.625. The van der Waals surface area contributed by atoms with Crippen molar-refractivity contribution in [2.45, 2.75) is 39.5 Å². The third-order valence-corrected chi connectivity index (χ3v) is 3.36. The summed E-state index contributed by atoms with van der Waals surface area (Å²) in [5.41, 5.74) is 0. The van der Waals surface area contributed by atoms with Crippen molar-refractivity contribution in [1.82, 2.24) is 0 Å². The number of ether oxygens (including phenoxy) is 2. The van der Waals surface area contributed by atoms with Crippen molar-refractivity contribution < 1.29 is 27.0 Å². The summed E-state index contributed by atoms with van der Waals surface area (Å²) in [6.07, 6.45) is 0. The van der Waals surface area contributed by atoms with Gasteiger partial charge < -0.3 is 9.47 Å². The zero-order valence-corrected chi connectivity index (χ0v) is 13.2. The van der Waals surface area contributed by atoms with Crippen molar-refractivity contribution in [2.24, 2.45) is 11.8 Å². The first-order valence-electron chi connectivity index (χ1n) is 7.16. The van der Waals surface area contributed by atoms with E-state index in [0.717, 1.165) is 0 Å². The second kappa shape index (κ2) is 7.20. The van der Waals surface area contributed by atoms with Gasteiger partial charge in [0, 0.05) is 17.9 Å². The van der Waals surface area contributed by atoms with Crippen LogP contribution in [-0.4, -0.2) is 25.1 Å². The molecule has 0 saturated carbocycles. The van der Waals surface area contributed by atoms with Crippen LogP contribution in [0.25, 0.3) is 0 Å². The highest BCUT2D eigenvalue weighted by Gasteiger charge is 2.35. The molecule has 0 heterocycles. The van der Waals surface area contributed by atoms with Gasteiger partial charge in [-0.2, -0.15) is 0 Å². The molecule has 0 amide bonds. The molecule has 0 saturated heterocycles. The summed E-state index contributed by atoms with van der Waals surface area (Å²) in [6, 6.07) is 5.78. The molecule has 0 aliphatic heterocycles. The van der Waals surface area contributed by atoms with Gasteiger partial charge >= 0.3 is 0 Å². The predicted molar refractivity (Wildman–Crippen MR) is 77.0 cm³/mol. The first kappa shape index (κ1) is 18.6. The maximum atomic E-state index is 13.5. The van der Waals surface area contributed by atoms with E-state index in [9.17, 15) is 17.6 Å². The summed E-state index contributed by atoms with van der Waals surface area (Å²) >= 11 is 0. The van der Waals surface area contributed by atoms with Gasteiger partial charge in [-0.3, -0.25) is 0 Å². The van der Waals surface area contributed by atoms with Gasteiger partial charge in [-0.05, 0) is 12.1 Å². The highest BCUT2D eigenvalue weighted by atomic mass is 19.3. The average molecular weight is 322 g/mol. The molecule has 1 aromatic carbocycles. The number of alkyl halides is 4. The molecule has 0 spiro atoms. The Labute approximate surface area is 128 Å². The van der Waals surface area contributed by atoms with Gasteiger partial charge in [0.25, 0.3) is 11.8 Å². The molecule has 22 heavy (non-hydrogen) atoms. The number of rotatable bonds is 8. The molecule has 1 rings (SSSR count). The summed E-state index contributed by atoms with van der Waals surface area (Å²) in [4.78, 5) is 0. The Kier molecular flexibility index (Phi) is 6.08. The molecule has 2 nitrogen and oxygen atoms in total. The zero-order valence-electron chi connectivity index (χ0n) is 13.2. The Morgan fingerprint density at radius 1 is 0.818 bits per heavy atom. The summed E-state index contributed by atoms with van der Waals surface area (Å²) in [7, 11) is 0. The lowest BCUT2D eigenvalue weighted by Crippen LogP contribution is -2.32. The lowest BCUT2D eigenvalue weighted by molar-refractivity contribution is -0.0801. The number of hydrogen-bond acceptors (Lipinski definition) is 2. The minimum atomic E-state index is -2.96. The monoisotopic (exact) mass is 322 g/mol. The molecule has 126 valence electrons. The van der Waals surface area contributed by atoms with Crippen molar-refractivity contribution in [2.75, 3.05) is 13.2 Å². The maximum Gasteiger partial charge on any atom is 0.283 e. The van der Waals surface area contributed by atoms with Gasteiger partial charge in [0.1, 0.15) is 11.5 Å². The topological polar surface area (TPSA) is 18.5 Å². The van der Waals surface area contributed by atoms with Crippen molar-refractivity contribution in [3.05, 3.63) is 24.3 Å². The van der Waals surface area contributed by atoms with Crippen LogP contribution in [0.2, 0.25) is 0 Å². The minimum absolute atomic E-state index is 0.158. The van der Waals surface area contributed by atoms with Gasteiger partial charge in [-0.1, -0.05) is 33.8 Å². The Morgan fingerprint density at radius 2 is 1.18 bits per heavy atom. The fraction of sp³-hybridized carbons (Fsp3) is 0.625. The normalized spacial score (nSPS) is 12.8. The van der Waals surface area contributed by atoms with E-state index in [1.54, 1.807) is 0 Å². The standard InChI is InChI=1S/C16H22F4O2/c1-11(2)15(17,18)9-21-13-6-5-7-14(8-13)22-10-16(19,20)12(3)4/h5-8,11-12H,9-10H2,1-4H3. The average Bonchev–Trinajstić information content (AvgIpc) is 2.43. The van der Waals surface area contributed by atoms with Crippen molar-refractivity contribution in [3.63, 3.8) is 0 Å². The van der Waals surface area contributed by atoms with Gasteiger partial charge in [-0.25, -0.2) is 17.6 Å². The maximum absolute atomic E-state index is 13.5. The lowest BCUT2D eigenvalue weighted by atomic mass is 10.1. The second-order valence-electron chi connectivity index (χ2n) is 5.88. The van der Waals surface area contributed by atoms with Crippen LogP contribution in [0.15, 0.2) is 24.3 Å². The van der Waals surface area contributed by atoms with Crippen LogP contribution in [-0.2, 0) is 0 Å². The molecule has 1 aromatic rings. The van der Waals surface area contributed by atoms with E-state index in [-0.39, 0.29) is 11.5 Å². The Balaban J connectivity index is 2.63. The Bertz CT molecular complexity index is 434. The van der Waals surface area contributed by atoms with Crippen LogP contribution in [0.1, 0.15) is 27.7 Å². The first-order valence-corrected chi connectivity index (χ1v) is 7.16. The van der Waals surface area contributed by atoms with E-state index in [4.69, 9.17) is 9.47 Å². The lowest BCUT2D eigenvalue weighted by Gasteiger charge is -2.22. The van der Waals surface area contributed by atoms with Gasteiger partial charge in [0.2, 0.25) is 0 Å². The van der Waals surface area contributed by atoms with Crippen molar-refractivity contribution in [1.29, 1.82) is 0 Å². The molecule has 0 aliphatic rings. The second-order valence-corrected chi connectivity index (χ2v) is 5.88. The van der Waals surface area contributed by atoms with E-state index < -0.39 is 36.9 Å². The molecule has 0 radical (unpaired) electrons. The number of hydrogen-bond donors (Lipinski definition) is 0. The minimum Gasteiger partial charge on any atom is -0.487 e. The van der Waals surface area contributed by atoms with Crippen LogP contribution in [0, 0.1) is 11.8 Å². The van der Waals surface area contributed by atoms with Crippen LogP contribution in [0.3, 0.4) is 0 Å². The molecular formula is C16H22F4O2. The highest BCUT2D eigenvalue weighted by molar-refractivity contribution is 5.33. The summed E-state index contributed by atoms with van der Waals surface area (Å²) in [6.45, 7) is 4.06. The predicted octanol–water partition coefficient (Wildman–Crippen LogP) is 5.03. The number of halogens is 4. The van der Waals surface area contributed by atoms with Crippen LogP contribution < -0.4 is 9.47 Å². The first-order chi connectivity index (χ1) is 10.0. The third-order valence-electron chi connectivity index (χ3n) is 3.36. The molecule has 0 aliphatic carbocycles. The van der Waals surface area contributed by atoms with E-state index in [1.807, 2.05) is 0 Å².